The largest absolute Gasteiger partial charge is 0.298 e. The van der Waals surface area contributed by atoms with Gasteiger partial charge >= 0.3 is 0 Å². The zero-order chi connectivity index (χ0) is 20.3. The predicted molar refractivity (Wildman–Crippen MR) is 115 cm³/mol. The molecule has 148 valence electrons. The lowest BCUT2D eigenvalue weighted by Gasteiger charge is -2.18. The molecule has 2 heterocycles. The third kappa shape index (κ3) is 4.33. The van der Waals surface area contributed by atoms with Crippen molar-refractivity contribution in [1.82, 2.24) is 9.29 Å². The Balaban J connectivity index is 1.80. The molecule has 2 aromatic heterocycles. The van der Waals surface area contributed by atoms with Gasteiger partial charge < -0.3 is 0 Å². The number of thiophene rings is 1. The van der Waals surface area contributed by atoms with E-state index >= 15 is 0 Å². The Kier molecular flexibility index (Phi) is 6.29. The molecule has 0 unspecified atom stereocenters. The van der Waals surface area contributed by atoms with Crippen LogP contribution in [0.4, 0.5) is 5.13 Å². The Morgan fingerprint density at radius 2 is 1.93 bits per heavy atom. The summed E-state index contributed by atoms with van der Waals surface area (Å²) in [5.74, 6) is -0.389. The minimum atomic E-state index is -3.62. The Hall–Kier alpha value is -2.07. The number of carbonyl (C=O) groups excluding carboxylic acids is 1. The lowest BCUT2D eigenvalue weighted by Crippen LogP contribution is -2.30. The summed E-state index contributed by atoms with van der Waals surface area (Å²) in [7, 11) is -3.62. The summed E-state index contributed by atoms with van der Waals surface area (Å²) in [5, 5.41) is 5.12. The molecule has 3 rings (SSSR count). The van der Waals surface area contributed by atoms with Crippen LogP contribution in [0.3, 0.4) is 0 Å². The first-order valence-corrected chi connectivity index (χ1v) is 11.9. The van der Waals surface area contributed by atoms with Crippen molar-refractivity contribution in [2.24, 2.45) is 0 Å². The van der Waals surface area contributed by atoms with Gasteiger partial charge in [-0.1, -0.05) is 19.9 Å². The molecular weight excluding hydrogens is 414 g/mol. The summed E-state index contributed by atoms with van der Waals surface area (Å²) in [4.78, 5) is 19.4. The molecule has 28 heavy (non-hydrogen) atoms. The zero-order valence-corrected chi connectivity index (χ0v) is 18.2. The number of sulfonamides is 1. The summed E-state index contributed by atoms with van der Waals surface area (Å²) < 4.78 is 26.7. The molecule has 0 aliphatic carbocycles. The molecule has 1 aromatic carbocycles. The van der Waals surface area contributed by atoms with Crippen molar-refractivity contribution in [1.29, 1.82) is 0 Å². The molecule has 0 aliphatic heterocycles. The zero-order valence-electron chi connectivity index (χ0n) is 15.8. The fourth-order valence-corrected chi connectivity index (χ4v) is 5.81. The van der Waals surface area contributed by atoms with E-state index in [1.165, 1.54) is 32.7 Å². The number of nitrogens with zero attached hydrogens (tertiary/aromatic N) is 2. The molecule has 0 saturated carbocycles. The molecule has 9 heteroatoms. The SMILES string of the molecule is CCN(CC)S(=O)(=O)c1cccc(C(=O)Nc2nc(-c3ccc(C)s3)cs2)c1. The van der Waals surface area contributed by atoms with Crippen molar-refractivity contribution in [3.8, 4) is 10.6 Å². The van der Waals surface area contributed by atoms with E-state index in [-0.39, 0.29) is 16.4 Å². The lowest BCUT2D eigenvalue weighted by atomic mass is 10.2. The van der Waals surface area contributed by atoms with Crippen LogP contribution < -0.4 is 5.32 Å². The van der Waals surface area contributed by atoms with Gasteiger partial charge in [-0.15, -0.1) is 22.7 Å². The second-order valence-electron chi connectivity index (χ2n) is 6.02. The molecular formula is C19H21N3O3S3. The number of hydrogen-bond donors (Lipinski definition) is 1. The van der Waals surface area contributed by atoms with Crippen LogP contribution in [0.1, 0.15) is 29.1 Å². The molecule has 1 amide bonds. The average Bonchev–Trinajstić information content (AvgIpc) is 3.31. The fraction of sp³-hybridized carbons (Fsp3) is 0.263. The molecule has 3 aromatic rings. The van der Waals surface area contributed by atoms with Crippen LogP contribution >= 0.6 is 22.7 Å². The molecule has 1 N–H and O–H groups in total. The molecule has 0 aliphatic rings. The van der Waals surface area contributed by atoms with Gasteiger partial charge in [-0.3, -0.25) is 10.1 Å². The summed E-state index contributed by atoms with van der Waals surface area (Å²) >= 11 is 2.98. The van der Waals surface area contributed by atoms with E-state index in [0.717, 1.165) is 10.6 Å². The molecule has 0 spiro atoms. The highest BCUT2D eigenvalue weighted by molar-refractivity contribution is 7.89. The fourth-order valence-electron chi connectivity index (χ4n) is 2.70. The standard InChI is InChI=1S/C19H21N3O3S3/c1-4-22(5-2)28(24,25)15-8-6-7-14(11-15)18(23)21-19-20-16(12-26-19)17-10-9-13(3)27-17/h6-12H,4-5H2,1-3H3,(H,20,21,23). The Labute approximate surface area is 172 Å². The van der Waals surface area contributed by atoms with Crippen LogP contribution in [0.25, 0.3) is 10.6 Å². The van der Waals surface area contributed by atoms with Gasteiger partial charge in [0.2, 0.25) is 10.0 Å². The second-order valence-corrected chi connectivity index (χ2v) is 10.1. The number of aromatic nitrogens is 1. The molecule has 6 nitrogen and oxygen atoms in total. The van der Waals surface area contributed by atoms with Gasteiger partial charge in [-0.2, -0.15) is 4.31 Å². The van der Waals surface area contributed by atoms with E-state index in [0.29, 0.717) is 18.2 Å². The quantitative estimate of drug-likeness (QED) is 0.594. The number of carbonyl (C=O) groups is 1. The topological polar surface area (TPSA) is 79.4 Å². The van der Waals surface area contributed by atoms with Crippen LogP contribution in [0.15, 0.2) is 46.7 Å². The Morgan fingerprint density at radius 1 is 1.18 bits per heavy atom. The molecule has 0 atom stereocenters. The summed E-state index contributed by atoms with van der Waals surface area (Å²) in [6.45, 7) is 6.35. The maximum atomic E-state index is 12.7. The van der Waals surface area contributed by atoms with E-state index < -0.39 is 10.0 Å². The van der Waals surface area contributed by atoms with Gasteiger partial charge in [-0.25, -0.2) is 13.4 Å². The van der Waals surface area contributed by atoms with Gasteiger partial charge in [0.1, 0.15) is 0 Å². The number of nitrogens with one attached hydrogen (secondary N) is 1. The summed E-state index contributed by atoms with van der Waals surface area (Å²) in [6, 6.07) is 10.1. The van der Waals surface area contributed by atoms with Crippen molar-refractivity contribution in [3.05, 3.63) is 52.2 Å². The normalized spacial score (nSPS) is 11.7. The van der Waals surface area contributed by atoms with Crippen molar-refractivity contribution in [2.75, 3.05) is 18.4 Å². The third-order valence-corrected chi connectivity index (χ3v) is 7.98. The van der Waals surface area contributed by atoms with Crippen molar-refractivity contribution in [2.45, 2.75) is 25.7 Å². The van der Waals surface area contributed by atoms with Crippen LogP contribution in [-0.2, 0) is 10.0 Å². The second kappa shape index (κ2) is 8.52. The van der Waals surface area contributed by atoms with E-state index in [2.05, 4.69) is 10.3 Å². The summed E-state index contributed by atoms with van der Waals surface area (Å²) in [6.07, 6.45) is 0. The van der Waals surface area contributed by atoms with Gasteiger partial charge in [0, 0.05) is 28.9 Å². The van der Waals surface area contributed by atoms with Crippen LogP contribution in [0, 0.1) is 6.92 Å². The van der Waals surface area contributed by atoms with Crippen molar-refractivity contribution >= 4 is 43.7 Å². The van der Waals surface area contributed by atoms with Gasteiger partial charge in [-0.05, 0) is 37.3 Å². The first-order chi connectivity index (χ1) is 13.3. The highest BCUT2D eigenvalue weighted by atomic mass is 32.2. The Morgan fingerprint density at radius 3 is 2.57 bits per heavy atom. The number of hydrogen-bond acceptors (Lipinski definition) is 6. The number of benzene rings is 1. The lowest BCUT2D eigenvalue weighted by molar-refractivity contribution is 0.102. The number of rotatable bonds is 7. The number of amides is 1. The summed E-state index contributed by atoms with van der Waals surface area (Å²) in [5.41, 5.74) is 1.09. The molecule has 0 bridgehead atoms. The average molecular weight is 436 g/mol. The highest BCUT2D eigenvalue weighted by Crippen LogP contribution is 2.30. The van der Waals surface area contributed by atoms with Crippen LogP contribution in [0.2, 0.25) is 0 Å². The molecule has 0 fully saturated rings. The smallest absolute Gasteiger partial charge is 0.257 e. The maximum Gasteiger partial charge on any atom is 0.257 e. The number of anilines is 1. The molecule has 0 radical (unpaired) electrons. The van der Waals surface area contributed by atoms with Crippen LogP contribution in [-0.4, -0.2) is 36.7 Å². The Bertz CT molecular complexity index is 1080. The highest BCUT2D eigenvalue weighted by Gasteiger charge is 2.22. The first-order valence-electron chi connectivity index (χ1n) is 8.79. The van der Waals surface area contributed by atoms with E-state index in [4.69, 9.17) is 0 Å². The molecule has 0 saturated heterocycles. The van der Waals surface area contributed by atoms with Crippen molar-refractivity contribution < 1.29 is 13.2 Å². The van der Waals surface area contributed by atoms with Crippen LogP contribution in [0.5, 0.6) is 0 Å². The number of thiazole rings is 1. The van der Waals surface area contributed by atoms with Gasteiger partial charge in [0.25, 0.3) is 5.91 Å². The third-order valence-electron chi connectivity index (χ3n) is 4.16. The number of aryl methyl sites for hydroxylation is 1. The van der Waals surface area contributed by atoms with Gasteiger partial charge in [0.05, 0.1) is 15.5 Å². The predicted octanol–water partition coefficient (Wildman–Crippen LogP) is 4.46. The van der Waals surface area contributed by atoms with Gasteiger partial charge in [0.15, 0.2) is 5.13 Å². The minimum Gasteiger partial charge on any atom is -0.298 e. The maximum absolute atomic E-state index is 12.7. The first kappa shape index (κ1) is 20.7. The minimum absolute atomic E-state index is 0.109. The van der Waals surface area contributed by atoms with Crippen molar-refractivity contribution in [3.63, 3.8) is 0 Å². The van der Waals surface area contributed by atoms with E-state index in [9.17, 15) is 13.2 Å². The monoisotopic (exact) mass is 435 g/mol. The van der Waals surface area contributed by atoms with E-state index in [1.807, 2.05) is 24.4 Å². The van der Waals surface area contributed by atoms with E-state index in [1.54, 1.807) is 37.3 Å².